The number of benzene rings is 3. The van der Waals surface area contributed by atoms with Crippen molar-refractivity contribution < 1.29 is 0 Å². The lowest BCUT2D eigenvalue weighted by atomic mass is 9.94. The summed E-state index contributed by atoms with van der Waals surface area (Å²) in [6, 6.07) is 23.7. The van der Waals surface area contributed by atoms with Gasteiger partial charge in [-0.1, -0.05) is 62.4 Å². The number of imidazole rings is 1. The van der Waals surface area contributed by atoms with Crippen LogP contribution in [0.3, 0.4) is 0 Å². The van der Waals surface area contributed by atoms with Crippen molar-refractivity contribution in [2.24, 2.45) is 0 Å². The van der Waals surface area contributed by atoms with E-state index in [2.05, 4.69) is 85.0 Å². The molecule has 0 N–H and O–H groups in total. The SMILES string of the molecule is CC(C)c1cccc2c1c1ccccc1c1nc3ccccc3n21. The van der Waals surface area contributed by atoms with Crippen LogP contribution in [0.25, 0.3) is 38.4 Å². The Kier molecular flexibility index (Phi) is 2.72. The van der Waals surface area contributed by atoms with E-state index in [0.29, 0.717) is 5.92 Å². The lowest BCUT2D eigenvalue weighted by molar-refractivity contribution is 0.876. The van der Waals surface area contributed by atoms with Crippen molar-refractivity contribution in [3.8, 4) is 0 Å². The smallest absolute Gasteiger partial charge is 0.146 e. The fraction of sp³-hybridized carbons (Fsp3) is 0.136. The Balaban J connectivity index is 2.20. The van der Waals surface area contributed by atoms with Gasteiger partial charge in [0.05, 0.1) is 16.6 Å². The summed E-state index contributed by atoms with van der Waals surface area (Å²) in [6.07, 6.45) is 0. The lowest BCUT2D eigenvalue weighted by Crippen LogP contribution is -1.96. The summed E-state index contributed by atoms with van der Waals surface area (Å²) < 4.78 is 2.32. The number of pyridine rings is 1. The summed E-state index contributed by atoms with van der Waals surface area (Å²) in [4.78, 5) is 4.93. The maximum absolute atomic E-state index is 4.93. The minimum Gasteiger partial charge on any atom is -0.292 e. The molecule has 5 rings (SSSR count). The zero-order chi connectivity index (χ0) is 16.3. The fourth-order valence-electron chi connectivity index (χ4n) is 3.87. The quantitative estimate of drug-likeness (QED) is 0.351. The molecule has 3 aromatic carbocycles. The molecule has 2 heterocycles. The molecule has 2 nitrogen and oxygen atoms in total. The van der Waals surface area contributed by atoms with Crippen molar-refractivity contribution in [1.82, 2.24) is 9.38 Å². The van der Waals surface area contributed by atoms with Crippen LogP contribution in [0, 0.1) is 0 Å². The first-order valence-corrected chi connectivity index (χ1v) is 8.46. The molecular weight excluding hydrogens is 292 g/mol. The largest absolute Gasteiger partial charge is 0.292 e. The van der Waals surface area contributed by atoms with Gasteiger partial charge < -0.3 is 0 Å². The van der Waals surface area contributed by atoms with Gasteiger partial charge in [0.2, 0.25) is 0 Å². The summed E-state index contributed by atoms with van der Waals surface area (Å²) in [5.41, 5.74) is 5.89. The van der Waals surface area contributed by atoms with E-state index in [1.807, 2.05) is 0 Å². The second-order valence-corrected chi connectivity index (χ2v) is 6.70. The van der Waals surface area contributed by atoms with Gasteiger partial charge in [0.15, 0.2) is 0 Å². The molecule has 0 radical (unpaired) electrons. The zero-order valence-corrected chi connectivity index (χ0v) is 13.8. The van der Waals surface area contributed by atoms with Crippen LogP contribution < -0.4 is 0 Å². The number of nitrogens with zero attached hydrogens (tertiary/aromatic N) is 2. The summed E-state index contributed by atoms with van der Waals surface area (Å²) in [5.74, 6) is 0.476. The Labute approximate surface area is 140 Å². The minimum atomic E-state index is 0.476. The molecule has 0 spiro atoms. The molecule has 5 aromatic rings. The number of para-hydroxylation sites is 2. The second kappa shape index (κ2) is 4.81. The highest BCUT2D eigenvalue weighted by molar-refractivity contribution is 6.15. The molecule has 0 aliphatic carbocycles. The average Bonchev–Trinajstić information content (AvgIpc) is 3.01. The Morgan fingerprint density at radius 1 is 0.750 bits per heavy atom. The number of aromatic nitrogens is 2. The number of fused-ring (bicyclic) bond motifs is 8. The summed E-state index contributed by atoms with van der Waals surface area (Å²) in [6.45, 7) is 4.53. The van der Waals surface area contributed by atoms with E-state index < -0.39 is 0 Å². The molecule has 2 heteroatoms. The highest BCUT2D eigenvalue weighted by Gasteiger charge is 2.16. The molecule has 0 unspecified atom stereocenters. The Morgan fingerprint density at radius 2 is 1.46 bits per heavy atom. The van der Waals surface area contributed by atoms with Crippen molar-refractivity contribution in [3.05, 3.63) is 72.3 Å². The van der Waals surface area contributed by atoms with Crippen molar-refractivity contribution in [1.29, 1.82) is 0 Å². The third-order valence-corrected chi connectivity index (χ3v) is 4.94. The molecule has 0 saturated carbocycles. The van der Waals surface area contributed by atoms with E-state index in [1.165, 1.54) is 32.8 Å². The van der Waals surface area contributed by atoms with Gasteiger partial charge in [-0.3, -0.25) is 4.40 Å². The van der Waals surface area contributed by atoms with Crippen molar-refractivity contribution in [2.45, 2.75) is 19.8 Å². The van der Waals surface area contributed by atoms with E-state index >= 15 is 0 Å². The molecule has 2 aromatic heterocycles. The third-order valence-electron chi connectivity index (χ3n) is 4.94. The maximum Gasteiger partial charge on any atom is 0.146 e. The second-order valence-electron chi connectivity index (χ2n) is 6.70. The van der Waals surface area contributed by atoms with Crippen LogP contribution >= 0.6 is 0 Å². The van der Waals surface area contributed by atoms with Gasteiger partial charge in [-0.2, -0.15) is 0 Å². The van der Waals surface area contributed by atoms with Crippen molar-refractivity contribution in [3.63, 3.8) is 0 Å². The molecule has 0 atom stereocenters. The monoisotopic (exact) mass is 310 g/mol. The van der Waals surface area contributed by atoms with Gasteiger partial charge in [-0.15, -0.1) is 0 Å². The van der Waals surface area contributed by atoms with Gasteiger partial charge in [-0.05, 0) is 35.1 Å². The van der Waals surface area contributed by atoms with Gasteiger partial charge >= 0.3 is 0 Å². The molecule has 0 aliphatic rings. The van der Waals surface area contributed by atoms with Gasteiger partial charge in [-0.25, -0.2) is 4.98 Å². The number of rotatable bonds is 1. The zero-order valence-electron chi connectivity index (χ0n) is 13.8. The summed E-state index contributed by atoms with van der Waals surface area (Å²) in [7, 11) is 0. The van der Waals surface area contributed by atoms with Gasteiger partial charge in [0, 0.05) is 10.8 Å². The number of hydrogen-bond donors (Lipinski definition) is 0. The summed E-state index contributed by atoms with van der Waals surface area (Å²) in [5, 5.41) is 3.85. The highest BCUT2D eigenvalue weighted by Crippen LogP contribution is 2.36. The van der Waals surface area contributed by atoms with E-state index in [4.69, 9.17) is 4.98 Å². The van der Waals surface area contributed by atoms with Crippen LogP contribution in [0.2, 0.25) is 0 Å². The van der Waals surface area contributed by atoms with E-state index in [-0.39, 0.29) is 0 Å². The van der Waals surface area contributed by atoms with E-state index in [0.717, 1.165) is 11.2 Å². The fourth-order valence-corrected chi connectivity index (χ4v) is 3.87. The van der Waals surface area contributed by atoms with Crippen LogP contribution in [-0.2, 0) is 0 Å². The maximum atomic E-state index is 4.93. The van der Waals surface area contributed by atoms with Crippen LogP contribution in [-0.4, -0.2) is 9.38 Å². The standard InChI is InChI=1S/C22H18N2/c1-14(2)15-10-7-13-20-21(15)16-8-3-4-9-17(16)22-23-18-11-5-6-12-19(18)24(20)22/h3-14H,1-2H3. The Morgan fingerprint density at radius 3 is 2.29 bits per heavy atom. The van der Waals surface area contributed by atoms with Crippen LogP contribution in [0.1, 0.15) is 25.3 Å². The molecular formula is C22H18N2. The molecule has 24 heavy (non-hydrogen) atoms. The van der Waals surface area contributed by atoms with Gasteiger partial charge in [0.25, 0.3) is 0 Å². The van der Waals surface area contributed by atoms with E-state index in [1.54, 1.807) is 0 Å². The van der Waals surface area contributed by atoms with Crippen molar-refractivity contribution >= 4 is 38.4 Å². The predicted molar refractivity (Wildman–Crippen MR) is 102 cm³/mol. The van der Waals surface area contributed by atoms with E-state index in [9.17, 15) is 0 Å². The highest BCUT2D eigenvalue weighted by atomic mass is 15.0. The minimum absolute atomic E-state index is 0.476. The summed E-state index contributed by atoms with van der Waals surface area (Å²) >= 11 is 0. The normalized spacial score (nSPS) is 12.1. The van der Waals surface area contributed by atoms with Crippen LogP contribution in [0.5, 0.6) is 0 Å². The predicted octanol–water partition coefficient (Wildman–Crippen LogP) is 5.92. The third kappa shape index (κ3) is 1.68. The van der Waals surface area contributed by atoms with Gasteiger partial charge in [0.1, 0.15) is 5.65 Å². The average molecular weight is 310 g/mol. The molecule has 116 valence electrons. The first-order valence-electron chi connectivity index (χ1n) is 8.46. The van der Waals surface area contributed by atoms with Crippen LogP contribution in [0.4, 0.5) is 0 Å². The Bertz CT molecular complexity index is 1230. The molecule has 0 aliphatic heterocycles. The van der Waals surface area contributed by atoms with Crippen molar-refractivity contribution in [2.75, 3.05) is 0 Å². The molecule has 0 saturated heterocycles. The lowest BCUT2D eigenvalue weighted by Gasteiger charge is -2.15. The van der Waals surface area contributed by atoms with Crippen LogP contribution in [0.15, 0.2) is 66.7 Å². The first kappa shape index (κ1) is 13.6. The number of hydrogen-bond acceptors (Lipinski definition) is 1. The molecule has 0 bridgehead atoms. The molecule has 0 fully saturated rings. The first-order chi connectivity index (χ1) is 11.8. The Hall–Kier alpha value is -2.87. The molecule has 0 amide bonds. The topological polar surface area (TPSA) is 17.3 Å².